The van der Waals surface area contributed by atoms with E-state index in [0.29, 0.717) is 11.3 Å². The van der Waals surface area contributed by atoms with E-state index in [1.54, 1.807) is 0 Å². The lowest BCUT2D eigenvalue weighted by Crippen LogP contribution is -2.11. The van der Waals surface area contributed by atoms with Crippen LogP contribution < -0.4 is 10.5 Å². The van der Waals surface area contributed by atoms with Crippen molar-refractivity contribution in [3.8, 4) is 5.75 Å². The number of hydrogen-bond donors (Lipinski definition) is 1. The maximum absolute atomic E-state index is 5.64. The minimum absolute atomic E-state index is 0.312. The molecule has 0 aliphatic heterocycles. The molecule has 0 fully saturated rings. The fraction of sp³-hybridized carbons (Fsp3) is 0.538. The van der Waals surface area contributed by atoms with Crippen LogP contribution in [0.4, 0.5) is 0 Å². The zero-order valence-corrected chi connectivity index (χ0v) is 11.1. The Balaban J connectivity index is 2.27. The zero-order chi connectivity index (χ0) is 12.0. The quantitative estimate of drug-likeness (QED) is 0.802. The summed E-state index contributed by atoms with van der Waals surface area (Å²) in [5.41, 5.74) is 6.66. The van der Waals surface area contributed by atoms with Crippen molar-refractivity contribution in [1.29, 1.82) is 0 Å². The van der Waals surface area contributed by atoms with Gasteiger partial charge in [-0.1, -0.05) is 32.9 Å². The van der Waals surface area contributed by atoms with Crippen molar-refractivity contribution >= 4 is 11.8 Å². The lowest BCUT2D eigenvalue weighted by Gasteiger charge is -2.17. The average Bonchev–Trinajstić information content (AvgIpc) is 2.24. The molecule has 0 aromatic heterocycles. The molecule has 0 bridgehead atoms. The van der Waals surface area contributed by atoms with Crippen LogP contribution >= 0.6 is 11.8 Å². The van der Waals surface area contributed by atoms with Gasteiger partial charge < -0.3 is 10.5 Å². The molecular formula is C13H21NOS. The Bertz CT molecular complexity index is 303. The van der Waals surface area contributed by atoms with Gasteiger partial charge in [0.05, 0.1) is 6.61 Å². The monoisotopic (exact) mass is 239 g/mol. The van der Waals surface area contributed by atoms with Crippen molar-refractivity contribution in [1.82, 2.24) is 0 Å². The van der Waals surface area contributed by atoms with Gasteiger partial charge in [-0.2, -0.15) is 11.8 Å². The molecule has 0 saturated carbocycles. The minimum atomic E-state index is 0.312. The predicted molar refractivity (Wildman–Crippen MR) is 72.0 cm³/mol. The van der Waals surface area contributed by atoms with Gasteiger partial charge in [0.2, 0.25) is 0 Å². The topological polar surface area (TPSA) is 35.2 Å². The maximum atomic E-state index is 5.64. The Morgan fingerprint density at radius 3 is 2.31 bits per heavy atom. The third kappa shape index (κ3) is 5.42. The van der Waals surface area contributed by atoms with E-state index in [-0.39, 0.29) is 0 Å². The smallest absolute Gasteiger partial charge is 0.119 e. The Kier molecular flexibility index (Phi) is 5.16. The predicted octanol–water partition coefficient (Wildman–Crippen LogP) is 3.06. The highest BCUT2D eigenvalue weighted by molar-refractivity contribution is 8.00. The summed E-state index contributed by atoms with van der Waals surface area (Å²) < 4.78 is 5.95. The van der Waals surface area contributed by atoms with Crippen LogP contribution in [0.15, 0.2) is 24.3 Å². The Hall–Kier alpha value is -0.670. The molecule has 0 radical (unpaired) electrons. The summed E-state index contributed by atoms with van der Waals surface area (Å²) in [6, 6.07) is 7.96. The highest BCUT2D eigenvalue weighted by atomic mass is 32.2. The van der Waals surface area contributed by atoms with Crippen molar-refractivity contribution in [3.05, 3.63) is 29.8 Å². The summed E-state index contributed by atoms with van der Waals surface area (Å²) in [4.78, 5) is 0. The van der Waals surface area contributed by atoms with E-state index in [9.17, 15) is 0 Å². The molecule has 0 spiro atoms. The Morgan fingerprint density at radius 1 is 1.19 bits per heavy atom. The molecule has 2 N–H and O–H groups in total. The van der Waals surface area contributed by atoms with E-state index < -0.39 is 0 Å². The van der Waals surface area contributed by atoms with Crippen molar-refractivity contribution in [2.45, 2.75) is 32.1 Å². The summed E-state index contributed by atoms with van der Waals surface area (Å²) in [6.07, 6.45) is 0. The summed E-state index contributed by atoms with van der Waals surface area (Å²) in [6.45, 7) is 7.99. The molecule has 1 aromatic rings. The molecule has 0 unspecified atom stereocenters. The van der Waals surface area contributed by atoms with E-state index in [0.717, 1.165) is 23.7 Å². The van der Waals surface area contributed by atoms with Crippen LogP contribution in [0.25, 0.3) is 0 Å². The molecule has 0 saturated heterocycles. The van der Waals surface area contributed by atoms with Crippen LogP contribution in [0.1, 0.15) is 26.3 Å². The second-order valence-corrected chi connectivity index (χ2v) is 6.58. The van der Waals surface area contributed by atoms with Crippen LogP contribution in [0.5, 0.6) is 5.75 Å². The third-order valence-corrected chi connectivity index (χ3v) is 3.28. The van der Waals surface area contributed by atoms with Gasteiger partial charge >= 0.3 is 0 Å². The van der Waals surface area contributed by atoms with Gasteiger partial charge in [0.15, 0.2) is 0 Å². The van der Waals surface area contributed by atoms with Gasteiger partial charge in [-0.05, 0) is 17.7 Å². The largest absolute Gasteiger partial charge is 0.493 e. The van der Waals surface area contributed by atoms with E-state index in [1.165, 1.54) is 0 Å². The van der Waals surface area contributed by atoms with Crippen molar-refractivity contribution in [2.75, 3.05) is 12.4 Å². The molecule has 90 valence electrons. The summed E-state index contributed by atoms with van der Waals surface area (Å²) >= 11 is 1.92. The standard InChI is InChI=1S/C13H21NOS/c1-13(2,3)16-9-8-15-12-6-4-11(10-14)5-7-12/h4-7H,8-10,14H2,1-3H3. The summed E-state index contributed by atoms with van der Waals surface area (Å²) in [5.74, 6) is 1.94. The average molecular weight is 239 g/mol. The zero-order valence-electron chi connectivity index (χ0n) is 10.3. The molecule has 0 aliphatic carbocycles. The maximum Gasteiger partial charge on any atom is 0.119 e. The van der Waals surface area contributed by atoms with E-state index in [4.69, 9.17) is 10.5 Å². The lowest BCUT2D eigenvalue weighted by atomic mass is 10.2. The number of nitrogens with two attached hydrogens (primary N) is 1. The number of thioether (sulfide) groups is 1. The first-order valence-corrected chi connectivity index (χ1v) is 6.55. The van der Waals surface area contributed by atoms with Gasteiger partial charge in [-0.3, -0.25) is 0 Å². The molecule has 16 heavy (non-hydrogen) atoms. The van der Waals surface area contributed by atoms with E-state index >= 15 is 0 Å². The van der Waals surface area contributed by atoms with Crippen LogP contribution in [0, 0.1) is 0 Å². The molecule has 0 atom stereocenters. The fourth-order valence-electron chi connectivity index (χ4n) is 1.23. The first-order chi connectivity index (χ1) is 7.51. The van der Waals surface area contributed by atoms with Crippen LogP contribution in [0.3, 0.4) is 0 Å². The second-order valence-electron chi connectivity index (χ2n) is 4.66. The number of rotatable bonds is 5. The number of benzene rings is 1. The fourth-order valence-corrected chi connectivity index (χ4v) is 2.01. The van der Waals surface area contributed by atoms with Crippen molar-refractivity contribution < 1.29 is 4.74 Å². The Morgan fingerprint density at radius 2 is 1.81 bits per heavy atom. The lowest BCUT2D eigenvalue weighted by molar-refractivity contribution is 0.343. The molecule has 3 heteroatoms. The molecule has 0 heterocycles. The normalized spacial score (nSPS) is 11.5. The van der Waals surface area contributed by atoms with Gasteiger partial charge in [0.1, 0.15) is 5.75 Å². The summed E-state index contributed by atoms with van der Waals surface area (Å²) in [5, 5.41) is 0. The first kappa shape index (κ1) is 13.4. The van der Waals surface area contributed by atoms with Crippen LogP contribution in [-0.2, 0) is 6.54 Å². The highest BCUT2D eigenvalue weighted by Gasteiger charge is 2.09. The van der Waals surface area contributed by atoms with Crippen LogP contribution in [-0.4, -0.2) is 17.1 Å². The molecule has 0 amide bonds. The van der Waals surface area contributed by atoms with Gasteiger partial charge in [0, 0.05) is 17.0 Å². The van der Waals surface area contributed by atoms with E-state index in [2.05, 4.69) is 20.8 Å². The number of hydrogen-bond acceptors (Lipinski definition) is 3. The SMILES string of the molecule is CC(C)(C)SCCOc1ccc(CN)cc1. The van der Waals surface area contributed by atoms with Gasteiger partial charge in [-0.15, -0.1) is 0 Å². The third-order valence-electron chi connectivity index (χ3n) is 2.05. The second kappa shape index (κ2) is 6.16. The minimum Gasteiger partial charge on any atom is -0.493 e. The van der Waals surface area contributed by atoms with Crippen molar-refractivity contribution in [2.24, 2.45) is 5.73 Å². The number of ether oxygens (including phenoxy) is 1. The molecule has 1 rings (SSSR count). The molecule has 2 nitrogen and oxygen atoms in total. The highest BCUT2D eigenvalue weighted by Crippen LogP contribution is 2.22. The van der Waals surface area contributed by atoms with Gasteiger partial charge in [-0.25, -0.2) is 0 Å². The Labute approximate surface area is 103 Å². The summed E-state index contributed by atoms with van der Waals surface area (Å²) in [7, 11) is 0. The van der Waals surface area contributed by atoms with Crippen molar-refractivity contribution in [3.63, 3.8) is 0 Å². The first-order valence-electron chi connectivity index (χ1n) is 5.57. The molecule has 1 aromatic carbocycles. The van der Waals surface area contributed by atoms with Gasteiger partial charge in [0.25, 0.3) is 0 Å². The van der Waals surface area contributed by atoms with Crippen LogP contribution in [0.2, 0.25) is 0 Å². The molecular weight excluding hydrogens is 218 g/mol. The van der Waals surface area contributed by atoms with E-state index in [1.807, 2.05) is 36.0 Å². The molecule has 0 aliphatic rings.